The number of nitrogens with one attached hydrogen (secondary N) is 1. The van der Waals surface area contributed by atoms with Crippen LogP contribution in [0.3, 0.4) is 0 Å². The van der Waals surface area contributed by atoms with E-state index in [2.05, 4.69) is 5.32 Å². The zero-order chi connectivity index (χ0) is 11.0. The van der Waals surface area contributed by atoms with Crippen LogP contribution in [0.2, 0.25) is 0 Å². The molecule has 1 N–H and O–H groups in total. The van der Waals surface area contributed by atoms with Gasteiger partial charge in [-0.1, -0.05) is 0 Å². The van der Waals surface area contributed by atoms with Gasteiger partial charge < -0.3 is 14.8 Å². The van der Waals surface area contributed by atoms with Crippen LogP contribution in [0.15, 0.2) is 0 Å². The number of methoxy groups -OCH3 is 1. The van der Waals surface area contributed by atoms with Crippen LogP contribution in [0.4, 0.5) is 0 Å². The van der Waals surface area contributed by atoms with Crippen LogP contribution in [0.25, 0.3) is 0 Å². The van der Waals surface area contributed by atoms with Gasteiger partial charge in [-0.2, -0.15) is 0 Å². The van der Waals surface area contributed by atoms with Crippen molar-refractivity contribution in [2.75, 3.05) is 39.4 Å². The highest BCUT2D eigenvalue weighted by Crippen LogP contribution is 2.22. The number of ether oxygens (including phenoxy) is 2. The molecule has 3 nitrogen and oxygen atoms in total. The van der Waals surface area contributed by atoms with Gasteiger partial charge >= 0.3 is 0 Å². The van der Waals surface area contributed by atoms with Crippen molar-refractivity contribution in [1.29, 1.82) is 0 Å². The Bertz CT molecular complexity index is 161. The molecule has 15 heavy (non-hydrogen) atoms. The topological polar surface area (TPSA) is 30.5 Å². The summed E-state index contributed by atoms with van der Waals surface area (Å²) >= 11 is 6.03. The van der Waals surface area contributed by atoms with Crippen LogP contribution in [0.1, 0.15) is 25.7 Å². The minimum Gasteiger partial charge on any atom is -0.385 e. The van der Waals surface area contributed by atoms with Gasteiger partial charge in [0.15, 0.2) is 0 Å². The Morgan fingerprint density at radius 1 is 1.33 bits per heavy atom. The van der Waals surface area contributed by atoms with Gasteiger partial charge in [0.05, 0.1) is 0 Å². The van der Waals surface area contributed by atoms with Crippen molar-refractivity contribution in [2.45, 2.75) is 31.2 Å². The molecule has 90 valence electrons. The smallest absolute Gasteiger partial charge is 0.0484 e. The Morgan fingerprint density at radius 3 is 2.67 bits per heavy atom. The second-order valence-corrected chi connectivity index (χ2v) is 4.42. The predicted octanol–water partition coefficient (Wildman–Crippen LogP) is 1.79. The van der Waals surface area contributed by atoms with Gasteiger partial charge in [-0.25, -0.2) is 0 Å². The van der Waals surface area contributed by atoms with Crippen LogP contribution in [0, 0.1) is 0 Å². The molecule has 0 aromatic heterocycles. The Balaban J connectivity index is 2.15. The van der Waals surface area contributed by atoms with Crippen molar-refractivity contribution < 1.29 is 9.47 Å². The highest BCUT2D eigenvalue weighted by atomic mass is 35.5. The van der Waals surface area contributed by atoms with Crippen molar-refractivity contribution in [2.24, 2.45) is 0 Å². The van der Waals surface area contributed by atoms with E-state index in [0.717, 1.165) is 52.0 Å². The highest BCUT2D eigenvalue weighted by molar-refractivity contribution is 6.18. The van der Waals surface area contributed by atoms with E-state index in [0.29, 0.717) is 5.88 Å². The zero-order valence-electron chi connectivity index (χ0n) is 9.56. The van der Waals surface area contributed by atoms with E-state index in [1.807, 2.05) is 0 Å². The molecule has 0 saturated carbocycles. The number of alkyl halides is 1. The first kappa shape index (κ1) is 13.2. The van der Waals surface area contributed by atoms with Crippen molar-refractivity contribution in [3.63, 3.8) is 0 Å². The molecule has 1 aliphatic rings. The summed E-state index contributed by atoms with van der Waals surface area (Å²) in [4.78, 5) is 0. The Morgan fingerprint density at radius 2 is 2.07 bits per heavy atom. The Kier molecular flexibility index (Phi) is 6.57. The third kappa shape index (κ3) is 4.68. The number of hydrogen-bond donors (Lipinski definition) is 1. The number of halogens is 1. The zero-order valence-corrected chi connectivity index (χ0v) is 10.3. The van der Waals surface area contributed by atoms with Crippen molar-refractivity contribution in [3.8, 4) is 0 Å². The molecule has 0 spiro atoms. The molecule has 1 saturated heterocycles. The van der Waals surface area contributed by atoms with Crippen LogP contribution in [0.5, 0.6) is 0 Å². The molecule has 1 heterocycles. The summed E-state index contributed by atoms with van der Waals surface area (Å²) in [5.74, 6) is 0.681. The number of rotatable bonds is 7. The highest BCUT2D eigenvalue weighted by Gasteiger charge is 2.30. The van der Waals surface area contributed by atoms with Crippen LogP contribution in [-0.2, 0) is 9.47 Å². The summed E-state index contributed by atoms with van der Waals surface area (Å²) < 4.78 is 10.4. The average molecular weight is 236 g/mol. The minimum atomic E-state index is 0.118. The normalized spacial score (nSPS) is 20.4. The molecule has 0 unspecified atom stereocenters. The molecule has 0 atom stereocenters. The molecule has 1 rings (SSSR count). The molecule has 1 fully saturated rings. The predicted molar refractivity (Wildman–Crippen MR) is 62.6 cm³/mol. The molecular formula is C11H22ClNO2. The maximum atomic E-state index is 6.03. The maximum Gasteiger partial charge on any atom is 0.0484 e. The van der Waals surface area contributed by atoms with E-state index in [4.69, 9.17) is 21.1 Å². The van der Waals surface area contributed by atoms with Crippen molar-refractivity contribution in [3.05, 3.63) is 0 Å². The second kappa shape index (κ2) is 7.44. The van der Waals surface area contributed by atoms with Crippen molar-refractivity contribution >= 4 is 11.6 Å². The molecule has 0 aromatic carbocycles. The fourth-order valence-corrected chi connectivity index (χ4v) is 2.21. The first-order valence-corrected chi connectivity index (χ1v) is 6.24. The summed E-state index contributed by atoms with van der Waals surface area (Å²) in [6, 6.07) is 0. The average Bonchev–Trinajstić information content (AvgIpc) is 2.30. The molecule has 0 bridgehead atoms. The fourth-order valence-electron chi connectivity index (χ4n) is 1.84. The lowest BCUT2D eigenvalue weighted by Gasteiger charge is -2.36. The van der Waals surface area contributed by atoms with E-state index < -0.39 is 0 Å². The lowest BCUT2D eigenvalue weighted by atomic mass is 9.92. The fraction of sp³-hybridized carbons (Fsp3) is 1.00. The Labute approximate surface area is 97.5 Å². The van der Waals surface area contributed by atoms with Gasteiger partial charge in [0.2, 0.25) is 0 Å². The summed E-state index contributed by atoms with van der Waals surface area (Å²) in [6.07, 6.45) is 4.31. The molecular weight excluding hydrogens is 214 g/mol. The molecule has 0 amide bonds. The van der Waals surface area contributed by atoms with E-state index in [9.17, 15) is 0 Å². The van der Waals surface area contributed by atoms with Crippen molar-refractivity contribution in [1.82, 2.24) is 5.32 Å². The van der Waals surface area contributed by atoms with E-state index in [1.165, 1.54) is 0 Å². The van der Waals surface area contributed by atoms with Crippen LogP contribution < -0.4 is 5.32 Å². The van der Waals surface area contributed by atoms with E-state index in [-0.39, 0.29) is 5.54 Å². The monoisotopic (exact) mass is 235 g/mol. The lowest BCUT2D eigenvalue weighted by Crippen LogP contribution is -2.51. The second-order valence-electron chi connectivity index (χ2n) is 4.15. The lowest BCUT2D eigenvalue weighted by molar-refractivity contribution is 0.0463. The molecule has 0 radical (unpaired) electrons. The van der Waals surface area contributed by atoms with E-state index >= 15 is 0 Å². The third-order valence-corrected chi connectivity index (χ3v) is 3.49. The summed E-state index contributed by atoms with van der Waals surface area (Å²) in [6.45, 7) is 3.53. The maximum absolute atomic E-state index is 6.03. The summed E-state index contributed by atoms with van der Waals surface area (Å²) in [5.41, 5.74) is 0.118. The third-order valence-electron chi connectivity index (χ3n) is 2.98. The first-order valence-electron chi connectivity index (χ1n) is 5.71. The van der Waals surface area contributed by atoms with Gasteiger partial charge in [-0.05, 0) is 32.2 Å². The summed E-state index contributed by atoms with van der Waals surface area (Å²) in [5, 5.41) is 3.58. The molecule has 4 heteroatoms. The largest absolute Gasteiger partial charge is 0.385 e. The van der Waals surface area contributed by atoms with Gasteiger partial charge in [-0.3, -0.25) is 0 Å². The van der Waals surface area contributed by atoms with Crippen LogP contribution in [-0.4, -0.2) is 44.9 Å². The Hall–Kier alpha value is 0.170. The quantitative estimate of drug-likeness (QED) is 0.539. The first-order chi connectivity index (χ1) is 7.33. The number of unbranched alkanes of at least 4 members (excludes halogenated alkanes) is 1. The molecule has 1 aliphatic heterocycles. The number of hydrogen-bond acceptors (Lipinski definition) is 3. The van der Waals surface area contributed by atoms with Gasteiger partial charge in [0.1, 0.15) is 0 Å². The summed E-state index contributed by atoms with van der Waals surface area (Å²) in [7, 11) is 1.74. The minimum absolute atomic E-state index is 0.118. The molecule has 0 aliphatic carbocycles. The SMILES string of the molecule is COCCCCNC1(CCl)CCOCC1. The van der Waals surface area contributed by atoms with Gasteiger partial charge in [0.25, 0.3) is 0 Å². The van der Waals surface area contributed by atoms with E-state index in [1.54, 1.807) is 7.11 Å². The molecule has 0 aromatic rings. The van der Waals surface area contributed by atoms with Crippen LogP contribution >= 0.6 is 11.6 Å². The van der Waals surface area contributed by atoms with Gasteiger partial charge in [0, 0.05) is 38.3 Å². The van der Waals surface area contributed by atoms with Gasteiger partial charge in [-0.15, -0.1) is 11.6 Å². The standard InChI is InChI=1S/C11H22ClNO2/c1-14-7-3-2-6-13-11(10-12)4-8-15-9-5-11/h13H,2-10H2,1H3.